The van der Waals surface area contributed by atoms with E-state index in [4.69, 9.17) is 11.6 Å². The number of likely N-dealkylation sites (tertiary alicyclic amines) is 1. The van der Waals surface area contributed by atoms with Crippen LogP contribution in [-0.4, -0.2) is 50.9 Å². The number of halogens is 2. The maximum Gasteiger partial charge on any atom is 0.319 e. The molecule has 178 valence electrons. The number of sulfonamides is 1. The van der Waals surface area contributed by atoms with Crippen molar-refractivity contribution in [3.8, 4) is 0 Å². The number of carbonyl (C=O) groups excluding carboxylic acids is 2. The number of anilines is 1. The first-order valence-corrected chi connectivity index (χ1v) is 12.4. The quantitative estimate of drug-likeness (QED) is 0.547. The molecule has 0 saturated carbocycles. The van der Waals surface area contributed by atoms with Crippen molar-refractivity contribution < 1.29 is 22.4 Å². The zero-order valence-electron chi connectivity index (χ0n) is 18.1. The molecule has 1 heterocycles. The maximum absolute atomic E-state index is 13.2. The smallest absolute Gasteiger partial charge is 0.319 e. The van der Waals surface area contributed by atoms with Gasteiger partial charge in [0.25, 0.3) is 0 Å². The van der Waals surface area contributed by atoms with E-state index in [1.54, 1.807) is 11.0 Å². The van der Waals surface area contributed by atoms with Crippen LogP contribution in [0, 0.1) is 11.7 Å². The standard InChI is InChI=1S/C22H26ClFN4O4S/c1-15(27-33(31,32)20-9-7-17(23)8-10-20)21(29)28-11-3-4-16(14-28)13-25-22(30)26-19-6-2-5-18(24)12-19/h2,5-10,12,15-16,27H,3-4,11,13-14H2,1H3,(H2,25,26,30)/t15-,16?/m0/s1. The minimum absolute atomic E-state index is 0.0148. The fraction of sp³-hybridized carbons (Fsp3) is 0.364. The number of carbonyl (C=O) groups is 2. The number of hydrogen-bond donors (Lipinski definition) is 3. The molecule has 0 radical (unpaired) electrons. The van der Waals surface area contributed by atoms with Crippen LogP contribution in [0.3, 0.4) is 0 Å². The lowest BCUT2D eigenvalue weighted by Gasteiger charge is -2.34. The Morgan fingerprint density at radius 3 is 2.64 bits per heavy atom. The molecule has 8 nitrogen and oxygen atoms in total. The highest BCUT2D eigenvalue weighted by molar-refractivity contribution is 7.89. The predicted octanol–water partition coefficient (Wildman–Crippen LogP) is 3.21. The van der Waals surface area contributed by atoms with E-state index >= 15 is 0 Å². The molecule has 1 aliphatic rings. The first-order valence-electron chi connectivity index (χ1n) is 10.5. The third-order valence-electron chi connectivity index (χ3n) is 5.29. The second-order valence-electron chi connectivity index (χ2n) is 7.93. The van der Waals surface area contributed by atoms with Crippen LogP contribution < -0.4 is 15.4 Å². The molecule has 0 aliphatic carbocycles. The van der Waals surface area contributed by atoms with Crippen molar-refractivity contribution in [2.75, 3.05) is 25.0 Å². The van der Waals surface area contributed by atoms with Gasteiger partial charge in [-0.3, -0.25) is 4.79 Å². The van der Waals surface area contributed by atoms with Crippen molar-refractivity contribution >= 4 is 39.2 Å². The van der Waals surface area contributed by atoms with Gasteiger partial charge in [-0.15, -0.1) is 0 Å². The molecule has 3 N–H and O–H groups in total. The number of piperidine rings is 1. The van der Waals surface area contributed by atoms with Gasteiger partial charge in [-0.05, 0) is 68.1 Å². The third-order valence-corrected chi connectivity index (χ3v) is 7.10. The van der Waals surface area contributed by atoms with E-state index in [-0.39, 0.29) is 16.7 Å². The topological polar surface area (TPSA) is 108 Å². The fourth-order valence-corrected chi connectivity index (χ4v) is 4.97. The van der Waals surface area contributed by atoms with Gasteiger partial charge >= 0.3 is 6.03 Å². The van der Waals surface area contributed by atoms with E-state index in [2.05, 4.69) is 15.4 Å². The number of amides is 3. The van der Waals surface area contributed by atoms with E-state index in [1.807, 2.05) is 0 Å². The lowest BCUT2D eigenvalue weighted by atomic mass is 9.97. The number of benzene rings is 2. The minimum Gasteiger partial charge on any atom is -0.341 e. The molecular weight excluding hydrogens is 471 g/mol. The molecular formula is C22H26ClFN4O4S. The van der Waals surface area contributed by atoms with Gasteiger partial charge in [-0.1, -0.05) is 17.7 Å². The summed E-state index contributed by atoms with van der Waals surface area (Å²) in [5.74, 6) is -0.766. The summed E-state index contributed by atoms with van der Waals surface area (Å²) >= 11 is 5.80. The summed E-state index contributed by atoms with van der Waals surface area (Å²) in [6.07, 6.45) is 1.55. The highest BCUT2D eigenvalue weighted by Crippen LogP contribution is 2.18. The first-order chi connectivity index (χ1) is 15.6. The first kappa shape index (κ1) is 24.9. The zero-order valence-corrected chi connectivity index (χ0v) is 19.6. The van der Waals surface area contributed by atoms with Crippen LogP contribution >= 0.6 is 11.6 Å². The Balaban J connectivity index is 1.51. The predicted molar refractivity (Wildman–Crippen MR) is 124 cm³/mol. The summed E-state index contributed by atoms with van der Waals surface area (Å²) in [6.45, 7) is 2.74. The van der Waals surface area contributed by atoms with Gasteiger partial charge in [0.05, 0.1) is 10.9 Å². The molecule has 3 amide bonds. The summed E-state index contributed by atoms with van der Waals surface area (Å²) in [5.41, 5.74) is 0.342. The summed E-state index contributed by atoms with van der Waals surface area (Å²) in [6, 6.07) is 9.85. The highest BCUT2D eigenvalue weighted by atomic mass is 35.5. The molecule has 1 saturated heterocycles. The Bertz CT molecular complexity index is 1100. The SMILES string of the molecule is C[C@H](NS(=O)(=O)c1ccc(Cl)cc1)C(=O)N1CCCC(CNC(=O)Nc2cccc(F)c2)C1. The van der Waals surface area contributed by atoms with E-state index in [1.165, 1.54) is 49.4 Å². The minimum atomic E-state index is -3.88. The van der Waals surface area contributed by atoms with Gasteiger partial charge in [-0.2, -0.15) is 4.72 Å². The second-order valence-corrected chi connectivity index (χ2v) is 10.1. The average molecular weight is 497 g/mol. The lowest BCUT2D eigenvalue weighted by molar-refractivity contribution is -0.134. The van der Waals surface area contributed by atoms with Gasteiger partial charge in [0.2, 0.25) is 15.9 Å². The Morgan fingerprint density at radius 1 is 1.21 bits per heavy atom. The molecule has 0 aromatic heterocycles. The van der Waals surface area contributed by atoms with Crippen LogP contribution in [0.2, 0.25) is 5.02 Å². The second kappa shape index (κ2) is 11.0. The van der Waals surface area contributed by atoms with Crippen LogP contribution in [0.5, 0.6) is 0 Å². The Labute approximate surface area is 197 Å². The van der Waals surface area contributed by atoms with Crippen LogP contribution in [0.1, 0.15) is 19.8 Å². The Kier molecular flexibility index (Phi) is 8.28. The normalized spacial score (nSPS) is 17.3. The van der Waals surface area contributed by atoms with Crippen molar-refractivity contribution in [2.45, 2.75) is 30.7 Å². The highest BCUT2D eigenvalue weighted by Gasteiger charge is 2.29. The molecule has 0 bridgehead atoms. The molecule has 33 heavy (non-hydrogen) atoms. The number of hydrogen-bond acceptors (Lipinski definition) is 4. The van der Waals surface area contributed by atoms with Gasteiger partial charge in [0.15, 0.2) is 0 Å². The zero-order chi connectivity index (χ0) is 24.0. The summed E-state index contributed by atoms with van der Waals surface area (Å²) in [5, 5.41) is 5.72. The summed E-state index contributed by atoms with van der Waals surface area (Å²) in [4.78, 5) is 26.6. The van der Waals surface area contributed by atoms with E-state index in [9.17, 15) is 22.4 Å². The monoisotopic (exact) mass is 496 g/mol. The lowest BCUT2D eigenvalue weighted by Crippen LogP contribution is -2.51. The number of nitrogens with one attached hydrogen (secondary N) is 3. The van der Waals surface area contributed by atoms with E-state index in [0.29, 0.717) is 30.3 Å². The molecule has 2 aromatic rings. The molecule has 1 unspecified atom stereocenters. The van der Waals surface area contributed by atoms with E-state index < -0.39 is 27.9 Å². The third kappa shape index (κ3) is 7.15. The van der Waals surface area contributed by atoms with Gasteiger partial charge < -0.3 is 15.5 Å². The van der Waals surface area contributed by atoms with Crippen LogP contribution in [0.15, 0.2) is 53.4 Å². The number of nitrogens with zero attached hydrogens (tertiary/aromatic N) is 1. The van der Waals surface area contributed by atoms with Crippen molar-refractivity contribution in [3.63, 3.8) is 0 Å². The van der Waals surface area contributed by atoms with Crippen LogP contribution in [0.25, 0.3) is 0 Å². The van der Waals surface area contributed by atoms with Crippen molar-refractivity contribution in [2.24, 2.45) is 5.92 Å². The molecule has 2 atom stereocenters. The van der Waals surface area contributed by atoms with Gasteiger partial charge in [0, 0.05) is 30.3 Å². The molecule has 1 aliphatic heterocycles. The molecule has 11 heteroatoms. The molecule has 1 fully saturated rings. The van der Waals surface area contributed by atoms with Gasteiger partial charge in [-0.25, -0.2) is 17.6 Å². The Morgan fingerprint density at radius 2 is 1.94 bits per heavy atom. The van der Waals surface area contributed by atoms with Crippen molar-refractivity contribution in [3.05, 3.63) is 59.4 Å². The summed E-state index contributed by atoms with van der Waals surface area (Å²) in [7, 11) is -3.88. The fourth-order valence-electron chi connectivity index (χ4n) is 3.65. The van der Waals surface area contributed by atoms with Crippen molar-refractivity contribution in [1.82, 2.24) is 14.9 Å². The molecule has 2 aromatic carbocycles. The Hall–Kier alpha value is -2.69. The van der Waals surface area contributed by atoms with Crippen LogP contribution in [0.4, 0.5) is 14.9 Å². The number of rotatable bonds is 7. The van der Waals surface area contributed by atoms with Crippen LogP contribution in [-0.2, 0) is 14.8 Å². The van der Waals surface area contributed by atoms with Crippen molar-refractivity contribution in [1.29, 1.82) is 0 Å². The summed E-state index contributed by atoms with van der Waals surface area (Å²) < 4.78 is 40.8. The van der Waals surface area contributed by atoms with Gasteiger partial charge in [0.1, 0.15) is 5.82 Å². The molecule has 3 rings (SSSR count). The van der Waals surface area contributed by atoms with E-state index in [0.717, 1.165) is 12.8 Å². The average Bonchev–Trinajstić information content (AvgIpc) is 2.77. The largest absolute Gasteiger partial charge is 0.341 e. The maximum atomic E-state index is 13.2. The molecule has 0 spiro atoms. The number of urea groups is 1.